The summed E-state index contributed by atoms with van der Waals surface area (Å²) in [6, 6.07) is 5.62. The number of carbonyl (C=O) groups is 1. The quantitative estimate of drug-likeness (QED) is 0.512. The average Bonchev–Trinajstić information content (AvgIpc) is 3.05. The van der Waals surface area contributed by atoms with Gasteiger partial charge >= 0.3 is 0 Å². The van der Waals surface area contributed by atoms with Gasteiger partial charge in [-0.05, 0) is 62.4 Å². The van der Waals surface area contributed by atoms with E-state index in [9.17, 15) is 14.0 Å². The van der Waals surface area contributed by atoms with Gasteiger partial charge in [0.05, 0.1) is 10.6 Å². The highest BCUT2D eigenvalue weighted by molar-refractivity contribution is 8.00. The second-order valence-electron chi connectivity index (χ2n) is 6.91. The lowest BCUT2D eigenvalue weighted by Crippen LogP contribution is -2.25. The number of benzene rings is 1. The monoisotopic (exact) mass is 417 g/mol. The van der Waals surface area contributed by atoms with Crippen LogP contribution in [-0.2, 0) is 24.7 Å². The van der Waals surface area contributed by atoms with Gasteiger partial charge in [-0.3, -0.25) is 14.2 Å². The number of nitrogens with zero attached hydrogens (tertiary/aromatic N) is 2. The highest BCUT2D eigenvalue weighted by atomic mass is 32.2. The molecule has 146 valence electrons. The molecule has 0 saturated carbocycles. The molecule has 0 bridgehead atoms. The maximum Gasteiger partial charge on any atom is 0.262 e. The zero-order chi connectivity index (χ0) is 19.8. The Hall–Kier alpha value is -2.19. The van der Waals surface area contributed by atoms with Crippen molar-refractivity contribution >= 4 is 44.9 Å². The Morgan fingerprint density at radius 1 is 1.29 bits per heavy atom. The number of aromatic nitrogens is 2. The first-order valence-corrected chi connectivity index (χ1v) is 10.9. The van der Waals surface area contributed by atoms with Gasteiger partial charge in [-0.15, -0.1) is 11.3 Å². The number of thioether (sulfide) groups is 1. The van der Waals surface area contributed by atoms with Crippen LogP contribution in [-0.4, -0.2) is 20.7 Å². The third-order valence-electron chi connectivity index (χ3n) is 4.92. The molecule has 5 nitrogen and oxygen atoms in total. The lowest BCUT2D eigenvalue weighted by molar-refractivity contribution is -0.115. The first-order valence-electron chi connectivity index (χ1n) is 9.18. The van der Waals surface area contributed by atoms with Crippen molar-refractivity contribution in [2.75, 3.05) is 5.32 Å². The molecule has 1 atom stereocenters. The van der Waals surface area contributed by atoms with Gasteiger partial charge in [0.25, 0.3) is 5.56 Å². The van der Waals surface area contributed by atoms with Gasteiger partial charge in [0.1, 0.15) is 10.6 Å². The van der Waals surface area contributed by atoms with Crippen molar-refractivity contribution in [2.45, 2.75) is 43.0 Å². The van der Waals surface area contributed by atoms with Crippen LogP contribution in [0.2, 0.25) is 0 Å². The number of halogens is 1. The minimum atomic E-state index is -0.463. The van der Waals surface area contributed by atoms with Crippen LogP contribution >= 0.6 is 23.1 Å². The van der Waals surface area contributed by atoms with Gasteiger partial charge in [-0.25, -0.2) is 9.37 Å². The van der Waals surface area contributed by atoms with Crippen LogP contribution < -0.4 is 10.9 Å². The van der Waals surface area contributed by atoms with Crippen LogP contribution in [0.1, 0.15) is 30.2 Å². The molecule has 0 saturated heterocycles. The predicted octanol–water partition coefficient (Wildman–Crippen LogP) is 4.13. The molecule has 28 heavy (non-hydrogen) atoms. The SMILES string of the molecule is C[C@H](Sc1nc2sc3c(c2c(=O)n1C)CCCC3)C(=O)Nc1ccc(F)cc1. The number of amides is 1. The van der Waals surface area contributed by atoms with Crippen LogP contribution in [0, 0.1) is 5.82 Å². The molecule has 1 aromatic carbocycles. The molecule has 1 N–H and O–H groups in total. The van der Waals surface area contributed by atoms with Gasteiger partial charge < -0.3 is 5.32 Å². The number of hydrogen-bond donors (Lipinski definition) is 1. The second kappa shape index (κ2) is 7.67. The molecule has 2 heterocycles. The van der Waals surface area contributed by atoms with Crippen molar-refractivity contribution in [2.24, 2.45) is 7.05 Å². The van der Waals surface area contributed by atoms with Crippen LogP contribution in [0.5, 0.6) is 0 Å². The molecule has 4 rings (SSSR count). The molecule has 0 unspecified atom stereocenters. The molecule has 1 aliphatic carbocycles. The van der Waals surface area contributed by atoms with Crippen LogP contribution in [0.25, 0.3) is 10.2 Å². The fourth-order valence-corrected chi connectivity index (χ4v) is 5.54. The van der Waals surface area contributed by atoms with Crippen molar-refractivity contribution in [1.82, 2.24) is 9.55 Å². The molecule has 0 spiro atoms. The van der Waals surface area contributed by atoms with Gasteiger partial charge in [0, 0.05) is 17.6 Å². The minimum Gasteiger partial charge on any atom is -0.325 e. The van der Waals surface area contributed by atoms with Crippen molar-refractivity contribution in [3.63, 3.8) is 0 Å². The molecule has 0 fully saturated rings. The molecular weight excluding hydrogens is 397 g/mol. The summed E-state index contributed by atoms with van der Waals surface area (Å²) in [6.45, 7) is 1.76. The standard InChI is InChI=1S/C20H20FN3O2S2/c1-11(17(25)22-13-9-7-12(21)8-10-13)27-20-23-18-16(19(26)24(20)2)14-5-3-4-6-15(14)28-18/h7-11H,3-6H2,1-2H3,(H,22,25)/t11-/m0/s1. The van der Waals surface area contributed by atoms with Crippen molar-refractivity contribution in [3.05, 3.63) is 50.9 Å². The maximum absolute atomic E-state index is 13.0. The molecular formula is C20H20FN3O2S2. The van der Waals surface area contributed by atoms with E-state index in [1.807, 2.05) is 0 Å². The fraction of sp³-hybridized carbons (Fsp3) is 0.350. The van der Waals surface area contributed by atoms with Crippen molar-refractivity contribution < 1.29 is 9.18 Å². The summed E-state index contributed by atoms with van der Waals surface area (Å²) < 4.78 is 14.5. The van der Waals surface area contributed by atoms with Gasteiger partial charge in [0.2, 0.25) is 5.91 Å². The molecule has 1 amide bonds. The molecule has 8 heteroatoms. The zero-order valence-electron chi connectivity index (χ0n) is 15.6. The number of nitrogens with one attached hydrogen (secondary N) is 1. The highest BCUT2D eigenvalue weighted by Gasteiger charge is 2.23. The third-order valence-corrected chi connectivity index (χ3v) is 7.25. The number of hydrogen-bond acceptors (Lipinski definition) is 5. The fourth-order valence-electron chi connectivity index (χ4n) is 3.36. The minimum absolute atomic E-state index is 0.0435. The first-order chi connectivity index (χ1) is 13.4. The van der Waals surface area contributed by atoms with E-state index < -0.39 is 5.25 Å². The summed E-state index contributed by atoms with van der Waals surface area (Å²) in [6.07, 6.45) is 4.22. The number of thiophene rings is 1. The second-order valence-corrected chi connectivity index (χ2v) is 9.30. The Kier molecular flexibility index (Phi) is 5.25. The van der Waals surface area contributed by atoms with E-state index in [1.165, 1.54) is 45.5 Å². The lowest BCUT2D eigenvalue weighted by atomic mass is 9.97. The number of fused-ring (bicyclic) bond motifs is 3. The van der Waals surface area contributed by atoms with E-state index in [2.05, 4.69) is 5.32 Å². The van der Waals surface area contributed by atoms with E-state index in [1.54, 1.807) is 25.3 Å². The molecule has 2 aromatic heterocycles. The highest BCUT2D eigenvalue weighted by Crippen LogP contribution is 2.35. The Bertz CT molecular complexity index is 1110. The number of rotatable bonds is 4. The third kappa shape index (κ3) is 3.58. The van der Waals surface area contributed by atoms with Crippen LogP contribution in [0.3, 0.4) is 0 Å². The summed E-state index contributed by atoms with van der Waals surface area (Å²) >= 11 is 2.85. The molecule has 0 aliphatic heterocycles. The van der Waals surface area contributed by atoms with E-state index >= 15 is 0 Å². The summed E-state index contributed by atoms with van der Waals surface area (Å²) in [5, 5.41) is 3.57. The maximum atomic E-state index is 13.0. The lowest BCUT2D eigenvalue weighted by Gasteiger charge is -2.14. The zero-order valence-corrected chi connectivity index (χ0v) is 17.3. The van der Waals surface area contributed by atoms with E-state index in [0.717, 1.165) is 41.5 Å². The number of aryl methyl sites for hydroxylation is 2. The summed E-state index contributed by atoms with van der Waals surface area (Å²) in [5.41, 5.74) is 1.65. The molecule has 1 aliphatic rings. The smallest absolute Gasteiger partial charge is 0.262 e. The number of carbonyl (C=O) groups excluding carboxylic acids is 1. The van der Waals surface area contributed by atoms with Crippen molar-refractivity contribution in [1.29, 1.82) is 0 Å². The topological polar surface area (TPSA) is 64.0 Å². The molecule has 3 aromatic rings. The van der Waals surface area contributed by atoms with Crippen LogP contribution in [0.15, 0.2) is 34.2 Å². The largest absolute Gasteiger partial charge is 0.325 e. The Morgan fingerprint density at radius 2 is 2.00 bits per heavy atom. The van der Waals surface area contributed by atoms with E-state index in [-0.39, 0.29) is 17.3 Å². The van der Waals surface area contributed by atoms with Gasteiger partial charge in [-0.1, -0.05) is 11.8 Å². The van der Waals surface area contributed by atoms with E-state index in [0.29, 0.717) is 10.8 Å². The average molecular weight is 418 g/mol. The summed E-state index contributed by atoms with van der Waals surface area (Å²) in [4.78, 5) is 32.2. The summed E-state index contributed by atoms with van der Waals surface area (Å²) in [5.74, 6) is -0.581. The summed E-state index contributed by atoms with van der Waals surface area (Å²) in [7, 11) is 1.70. The normalized spacial score (nSPS) is 14.7. The van der Waals surface area contributed by atoms with E-state index in [4.69, 9.17) is 4.98 Å². The van der Waals surface area contributed by atoms with Crippen LogP contribution in [0.4, 0.5) is 10.1 Å². The first kappa shape index (κ1) is 19.1. The van der Waals surface area contributed by atoms with Gasteiger partial charge in [0.15, 0.2) is 5.16 Å². The predicted molar refractivity (Wildman–Crippen MR) is 112 cm³/mol. The van der Waals surface area contributed by atoms with Crippen molar-refractivity contribution in [3.8, 4) is 0 Å². The Balaban J connectivity index is 1.58. The molecule has 0 radical (unpaired) electrons. The van der Waals surface area contributed by atoms with Gasteiger partial charge in [-0.2, -0.15) is 0 Å². The Labute approximate surface area is 170 Å². The Morgan fingerprint density at radius 3 is 2.75 bits per heavy atom. The number of anilines is 1.